The van der Waals surface area contributed by atoms with Crippen LogP contribution in [0.25, 0.3) is 10.2 Å². The van der Waals surface area contributed by atoms with Crippen molar-refractivity contribution in [3.63, 3.8) is 0 Å². The molecular formula is C25H28BrN3O6S3. The summed E-state index contributed by atoms with van der Waals surface area (Å²) >= 11 is 6.00. The Bertz CT molecular complexity index is 1570. The fraction of sp³-hybridized carbons (Fsp3) is 0.440. The lowest BCUT2D eigenvalue weighted by Crippen LogP contribution is -2.28. The van der Waals surface area contributed by atoms with Gasteiger partial charge in [0.1, 0.15) is 16.5 Å². The van der Waals surface area contributed by atoms with Gasteiger partial charge in [-0.1, -0.05) is 33.7 Å². The highest BCUT2D eigenvalue weighted by atomic mass is 79.9. The number of esters is 1. The Labute approximate surface area is 237 Å². The van der Waals surface area contributed by atoms with Crippen LogP contribution in [0.2, 0.25) is 0 Å². The number of amides is 2. The van der Waals surface area contributed by atoms with Crippen molar-refractivity contribution in [1.29, 1.82) is 0 Å². The van der Waals surface area contributed by atoms with Crippen molar-refractivity contribution in [3.8, 4) is 0 Å². The van der Waals surface area contributed by atoms with Crippen LogP contribution in [0.5, 0.6) is 0 Å². The molecule has 1 aliphatic rings. The molecule has 0 atom stereocenters. The summed E-state index contributed by atoms with van der Waals surface area (Å²) in [6.07, 6.45) is 4.47. The van der Waals surface area contributed by atoms with Crippen LogP contribution in [-0.2, 0) is 43.5 Å². The topological polar surface area (TPSA) is 124 Å². The molecule has 0 radical (unpaired) electrons. The lowest BCUT2D eigenvalue weighted by atomic mass is 10.1. The number of aryl methyl sites for hydroxylation is 2. The Kier molecular flexibility index (Phi) is 9.22. The molecule has 0 saturated heterocycles. The van der Waals surface area contributed by atoms with E-state index in [1.165, 1.54) is 22.7 Å². The predicted octanol–water partition coefficient (Wildman–Crippen LogP) is 4.47. The van der Waals surface area contributed by atoms with E-state index in [0.717, 1.165) is 50.8 Å². The van der Waals surface area contributed by atoms with Crippen LogP contribution in [0.1, 0.15) is 53.9 Å². The van der Waals surface area contributed by atoms with Crippen molar-refractivity contribution in [2.75, 3.05) is 23.4 Å². The van der Waals surface area contributed by atoms with Gasteiger partial charge >= 0.3 is 5.97 Å². The molecule has 4 rings (SSSR count). The number of nitrogens with zero attached hydrogens (tertiary/aromatic N) is 2. The molecule has 1 aromatic carbocycles. The number of carbonyl (C=O) groups excluding carboxylic acids is 3. The van der Waals surface area contributed by atoms with Gasteiger partial charge in [-0.2, -0.15) is 4.99 Å². The van der Waals surface area contributed by atoms with Gasteiger partial charge < -0.3 is 14.6 Å². The molecule has 3 aromatic rings. The zero-order valence-electron chi connectivity index (χ0n) is 21.0. The van der Waals surface area contributed by atoms with E-state index in [1.807, 2.05) is 29.7 Å². The molecule has 0 bridgehead atoms. The fourth-order valence-corrected chi connectivity index (χ4v) is 8.40. The van der Waals surface area contributed by atoms with E-state index in [0.29, 0.717) is 28.3 Å². The molecule has 2 aromatic heterocycles. The van der Waals surface area contributed by atoms with Crippen LogP contribution >= 0.6 is 38.6 Å². The van der Waals surface area contributed by atoms with Gasteiger partial charge in [0.2, 0.25) is 5.91 Å². The average molecular weight is 643 g/mol. The first kappa shape index (κ1) is 28.7. The number of nitrogens with one attached hydrogen (secondary N) is 1. The van der Waals surface area contributed by atoms with Gasteiger partial charge in [-0.05, 0) is 63.3 Å². The van der Waals surface area contributed by atoms with E-state index in [-0.39, 0.29) is 6.61 Å². The standard InChI is InChI=1S/C25H28BrN3O6S3/c1-3-29-17-11-10-15(26)12-19(17)37-25(29)28-21(31)14-38(33,34)13-20(30)27-23-22(24(32)35-4-2)16-8-6-5-7-9-18(16)36-23/h10-12H,3-9,13-14H2,1-2H3,(H,27,30). The van der Waals surface area contributed by atoms with Gasteiger partial charge in [-0.25, -0.2) is 13.2 Å². The number of carbonyl (C=O) groups is 3. The van der Waals surface area contributed by atoms with Crippen molar-refractivity contribution in [1.82, 2.24) is 4.57 Å². The third-order valence-corrected chi connectivity index (χ3v) is 10.2. The second kappa shape index (κ2) is 12.2. The van der Waals surface area contributed by atoms with Crippen molar-refractivity contribution in [2.24, 2.45) is 4.99 Å². The van der Waals surface area contributed by atoms with Crippen LogP contribution in [0.4, 0.5) is 5.00 Å². The number of hydrogen-bond acceptors (Lipinski definition) is 8. The SMILES string of the molecule is CCOC(=O)c1c(NC(=O)CS(=O)(=O)CC(=O)N=c2sc3cc(Br)ccc3n2CC)sc2c1CCCCC2. The maximum absolute atomic E-state index is 12.7. The molecule has 2 heterocycles. The van der Waals surface area contributed by atoms with Crippen molar-refractivity contribution in [3.05, 3.63) is 43.5 Å². The van der Waals surface area contributed by atoms with Gasteiger partial charge in [-0.3, -0.25) is 9.59 Å². The Hall–Kier alpha value is -2.35. The highest BCUT2D eigenvalue weighted by molar-refractivity contribution is 9.10. The second-order valence-electron chi connectivity index (χ2n) is 8.82. The predicted molar refractivity (Wildman–Crippen MR) is 153 cm³/mol. The normalized spacial score (nSPS) is 14.2. The number of anilines is 1. The number of benzene rings is 1. The van der Waals surface area contributed by atoms with Crippen molar-refractivity contribution >= 4 is 81.4 Å². The number of aromatic nitrogens is 1. The zero-order chi connectivity index (χ0) is 27.4. The molecule has 1 aliphatic carbocycles. The number of thiazole rings is 1. The van der Waals surface area contributed by atoms with Crippen LogP contribution in [0.15, 0.2) is 27.7 Å². The Morgan fingerprint density at radius 1 is 1.11 bits per heavy atom. The molecule has 9 nitrogen and oxygen atoms in total. The number of halogens is 1. The summed E-state index contributed by atoms with van der Waals surface area (Å²) < 4.78 is 34.3. The minimum absolute atomic E-state index is 0.186. The third-order valence-electron chi connectivity index (χ3n) is 6.03. The minimum Gasteiger partial charge on any atom is -0.462 e. The summed E-state index contributed by atoms with van der Waals surface area (Å²) in [6, 6.07) is 5.69. The average Bonchev–Trinajstić information content (AvgIpc) is 3.24. The Morgan fingerprint density at radius 2 is 1.87 bits per heavy atom. The van der Waals surface area contributed by atoms with Gasteiger partial charge in [0, 0.05) is 15.9 Å². The summed E-state index contributed by atoms with van der Waals surface area (Å²) in [5.41, 5.74) is 2.07. The number of thiophene rings is 1. The van der Waals surface area contributed by atoms with Crippen LogP contribution in [0.3, 0.4) is 0 Å². The number of ether oxygens (including phenoxy) is 1. The summed E-state index contributed by atoms with van der Waals surface area (Å²) in [4.78, 5) is 43.5. The summed E-state index contributed by atoms with van der Waals surface area (Å²) in [6.45, 7) is 4.35. The summed E-state index contributed by atoms with van der Waals surface area (Å²) in [5, 5.41) is 2.90. The van der Waals surface area contributed by atoms with E-state index in [4.69, 9.17) is 4.74 Å². The molecule has 0 aliphatic heterocycles. The van der Waals surface area contributed by atoms with Crippen LogP contribution in [0, 0.1) is 0 Å². The van der Waals surface area contributed by atoms with Crippen molar-refractivity contribution < 1.29 is 27.5 Å². The molecule has 0 fully saturated rings. The van der Waals surface area contributed by atoms with E-state index in [9.17, 15) is 22.8 Å². The first-order valence-electron chi connectivity index (χ1n) is 12.3. The molecule has 0 saturated carbocycles. The van der Waals surface area contributed by atoms with Gasteiger partial charge in [0.05, 0.1) is 22.4 Å². The maximum atomic E-state index is 12.7. The number of rotatable bonds is 8. The lowest BCUT2D eigenvalue weighted by Gasteiger charge is -2.08. The van der Waals surface area contributed by atoms with E-state index >= 15 is 0 Å². The van der Waals surface area contributed by atoms with Crippen LogP contribution < -0.4 is 10.1 Å². The number of fused-ring (bicyclic) bond motifs is 2. The molecule has 1 N–H and O–H groups in total. The molecule has 0 unspecified atom stereocenters. The molecular weight excluding hydrogens is 614 g/mol. The van der Waals surface area contributed by atoms with Gasteiger partial charge in [0.25, 0.3) is 5.91 Å². The van der Waals surface area contributed by atoms with Gasteiger partial charge in [0.15, 0.2) is 14.6 Å². The largest absolute Gasteiger partial charge is 0.462 e. The monoisotopic (exact) mass is 641 g/mol. The first-order chi connectivity index (χ1) is 18.1. The lowest BCUT2D eigenvalue weighted by molar-refractivity contribution is -0.115. The van der Waals surface area contributed by atoms with Crippen molar-refractivity contribution in [2.45, 2.75) is 52.5 Å². The highest BCUT2D eigenvalue weighted by Gasteiger charge is 2.28. The smallest absolute Gasteiger partial charge is 0.341 e. The molecule has 13 heteroatoms. The zero-order valence-corrected chi connectivity index (χ0v) is 25.1. The summed E-state index contributed by atoms with van der Waals surface area (Å²) in [7, 11) is -4.11. The third kappa shape index (κ3) is 6.61. The number of hydrogen-bond donors (Lipinski definition) is 1. The number of sulfone groups is 1. The van der Waals surface area contributed by atoms with Gasteiger partial charge in [-0.15, -0.1) is 11.3 Å². The minimum atomic E-state index is -4.11. The maximum Gasteiger partial charge on any atom is 0.341 e. The quantitative estimate of drug-likeness (QED) is 0.286. The van der Waals surface area contributed by atoms with E-state index in [2.05, 4.69) is 26.2 Å². The van der Waals surface area contributed by atoms with E-state index < -0.39 is 39.1 Å². The Morgan fingerprint density at radius 3 is 2.61 bits per heavy atom. The van der Waals surface area contributed by atoms with Crippen LogP contribution in [-0.4, -0.2) is 48.9 Å². The molecule has 0 spiro atoms. The Balaban J connectivity index is 1.50. The molecule has 38 heavy (non-hydrogen) atoms. The second-order valence-corrected chi connectivity index (χ2v) is 13.9. The highest BCUT2D eigenvalue weighted by Crippen LogP contribution is 2.38. The molecule has 204 valence electrons. The first-order valence-corrected chi connectivity index (χ1v) is 16.5. The fourth-order valence-electron chi connectivity index (χ4n) is 4.43. The van der Waals surface area contributed by atoms with E-state index in [1.54, 1.807) is 6.92 Å². The molecule has 2 amide bonds. The summed E-state index contributed by atoms with van der Waals surface area (Å²) in [5.74, 6) is -3.98.